The molecule has 166 valence electrons. The Morgan fingerprint density at radius 3 is 2.31 bits per heavy atom. The molecule has 1 heterocycles. The van der Waals surface area contributed by atoms with E-state index >= 15 is 0 Å². The van der Waals surface area contributed by atoms with Crippen molar-refractivity contribution in [1.29, 1.82) is 0 Å². The van der Waals surface area contributed by atoms with E-state index in [2.05, 4.69) is 31.0 Å². The first-order valence-electron chi connectivity index (χ1n) is 8.80. The molecule has 0 aliphatic rings. The quantitative estimate of drug-likeness (QED) is 0.404. The maximum absolute atomic E-state index is 12.4. The van der Waals surface area contributed by atoms with E-state index in [4.69, 9.17) is 27.9 Å². The topological polar surface area (TPSA) is 114 Å². The van der Waals surface area contributed by atoms with Crippen molar-refractivity contribution >= 4 is 72.5 Å². The van der Waals surface area contributed by atoms with E-state index in [0.717, 1.165) is 4.47 Å². The van der Waals surface area contributed by atoms with Crippen molar-refractivity contribution in [3.8, 4) is 0 Å². The average molecular weight is 559 g/mol. The van der Waals surface area contributed by atoms with Gasteiger partial charge in [-0.2, -0.15) is 0 Å². The van der Waals surface area contributed by atoms with E-state index in [1.807, 2.05) is 0 Å². The number of pyridine rings is 1. The first-order chi connectivity index (χ1) is 15.1. The van der Waals surface area contributed by atoms with Crippen molar-refractivity contribution in [2.24, 2.45) is 0 Å². The number of carbonyl (C=O) groups is 2. The second kappa shape index (κ2) is 10.3. The van der Waals surface area contributed by atoms with Gasteiger partial charge in [0, 0.05) is 16.4 Å². The maximum Gasteiger partial charge on any atom is 0.338 e. The molecule has 0 radical (unpaired) electrons. The Bertz CT molecular complexity index is 1250. The van der Waals surface area contributed by atoms with Crippen LogP contribution in [-0.2, 0) is 19.6 Å². The molecule has 0 atom stereocenters. The highest BCUT2D eigenvalue weighted by molar-refractivity contribution is 9.10. The van der Waals surface area contributed by atoms with Crippen molar-refractivity contribution in [3.63, 3.8) is 0 Å². The number of hydrogen-bond donors (Lipinski definition) is 2. The minimum Gasteiger partial charge on any atom is -0.452 e. The van der Waals surface area contributed by atoms with Crippen LogP contribution < -0.4 is 10.0 Å². The summed E-state index contributed by atoms with van der Waals surface area (Å²) in [7, 11) is -3.79. The summed E-state index contributed by atoms with van der Waals surface area (Å²) in [6.45, 7) is -0.572. The van der Waals surface area contributed by atoms with Crippen LogP contribution in [0.4, 0.5) is 11.5 Å². The SMILES string of the molecule is O=C(COC(=O)c1ccc(NS(=O)(=O)c2ccc(Br)cc2)cc1)Nc1ncc(Cl)cc1Cl. The van der Waals surface area contributed by atoms with Gasteiger partial charge in [-0.15, -0.1) is 0 Å². The van der Waals surface area contributed by atoms with Gasteiger partial charge in [0.2, 0.25) is 0 Å². The Morgan fingerprint density at radius 1 is 1.03 bits per heavy atom. The number of benzene rings is 2. The molecule has 1 amide bonds. The zero-order chi connectivity index (χ0) is 23.3. The molecule has 0 unspecified atom stereocenters. The lowest BCUT2D eigenvalue weighted by Crippen LogP contribution is -2.21. The van der Waals surface area contributed by atoms with Crippen molar-refractivity contribution in [1.82, 2.24) is 4.98 Å². The molecule has 0 bridgehead atoms. The fourth-order valence-corrected chi connectivity index (χ4v) is 4.14. The molecule has 0 aliphatic heterocycles. The van der Waals surface area contributed by atoms with Gasteiger partial charge in [0.15, 0.2) is 12.4 Å². The number of amides is 1. The third-order valence-corrected chi connectivity index (χ3v) is 6.32. The fourth-order valence-electron chi connectivity index (χ4n) is 2.39. The van der Waals surface area contributed by atoms with Crippen molar-refractivity contribution < 1.29 is 22.7 Å². The molecule has 12 heteroatoms. The Kier molecular flexibility index (Phi) is 7.73. The summed E-state index contributed by atoms with van der Waals surface area (Å²) in [5.41, 5.74) is 0.387. The highest BCUT2D eigenvalue weighted by atomic mass is 79.9. The minimum absolute atomic E-state index is 0.0829. The Balaban J connectivity index is 1.56. The number of aromatic nitrogens is 1. The lowest BCUT2D eigenvalue weighted by atomic mass is 10.2. The van der Waals surface area contributed by atoms with Gasteiger partial charge in [-0.05, 0) is 54.6 Å². The van der Waals surface area contributed by atoms with Gasteiger partial charge in [0.25, 0.3) is 15.9 Å². The molecule has 0 saturated heterocycles. The molecule has 0 saturated carbocycles. The zero-order valence-corrected chi connectivity index (χ0v) is 19.9. The molecular formula is C20H14BrCl2N3O5S. The average Bonchev–Trinajstić information content (AvgIpc) is 2.74. The number of anilines is 2. The van der Waals surface area contributed by atoms with E-state index < -0.39 is 28.5 Å². The third kappa shape index (κ3) is 6.42. The van der Waals surface area contributed by atoms with E-state index in [9.17, 15) is 18.0 Å². The van der Waals surface area contributed by atoms with Gasteiger partial charge < -0.3 is 10.1 Å². The summed E-state index contributed by atoms with van der Waals surface area (Å²) < 4.78 is 33.0. The van der Waals surface area contributed by atoms with Crippen molar-refractivity contribution in [3.05, 3.63) is 80.9 Å². The molecule has 2 aromatic carbocycles. The lowest BCUT2D eigenvalue weighted by molar-refractivity contribution is -0.119. The smallest absolute Gasteiger partial charge is 0.338 e. The maximum atomic E-state index is 12.4. The van der Waals surface area contributed by atoms with Gasteiger partial charge in [-0.3, -0.25) is 9.52 Å². The lowest BCUT2D eigenvalue weighted by Gasteiger charge is -2.09. The number of carbonyl (C=O) groups excluding carboxylic acids is 2. The molecule has 3 aromatic rings. The molecule has 0 aliphatic carbocycles. The number of nitrogens with one attached hydrogen (secondary N) is 2. The summed E-state index contributed by atoms with van der Waals surface area (Å²) in [4.78, 5) is 28.1. The van der Waals surface area contributed by atoms with E-state index in [1.165, 1.54) is 48.7 Å². The van der Waals surface area contributed by atoms with Gasteiger partial charge in [0.1, 0.15) is 0 Å². The van der Waals surface area contributed by atoms with Gasteiger partial charge in [0.05, 0.1) is 20.5 Å². The summed E-state index contributed by atoms with van der Waals surface area (Å²) in [6, 6.07) is 13.1. The van der Waals surface area contributed by atoms with E-state index in [0.29, 0.717) is 5.02 Å². The molecule has 0 spiro atoms. The van der Waals surface area contributed by atoms with Crippen LogP contribution in [0.3, 0.4) is 0 Å². The zero-order valence-electron chi connectivity index (χ0n) is 16.0. The third-order valence-electron chi connectivity index (χ3n) is 3.90. The molecule has 1 aromatic heterocycles. The standard InChI is InChI=1S/C20H14BrCl2N3O5S/c21-13-3-7-16(8-4-13)32(29,30)26-15-5-1-12(2-6-15)20(28)31-11-18(27)25-19-17(23)9-14(22)10-24-19/h1-10,26H,11H2,(H,24,25,27). The van der Waals surface area contributed by atoms with Crippen molar-refractivity contribution in [2.45, 2.75) is 4.90 Å². The van der Waals surface area contributed by atoms with Crippen LogP contribution in [0, 0.1) is 0 Å². The number of esters is 1. The number of sulfonamides is 1. The van der Waals surface area contributed by atoms with Gasteiger partial charge >= 0.3 is 5.97 Å². The highest BCUT2D eigenvalue weighted by Crippen LogP contribution is 2.22. The Hall–Kier alpha value is -2.66. The van der Waals surface area contributed by atoms with Crippen LogP contribution in [-0.4, -0.2) is 31.9 Å². The first kappa shape index (κ1) is 24.0. The minimum atomic E-state index is -3.79. The summed E-state index contributed by atoms with van der Waals surface area (Å²) in [5.74, 6) is -1.33. The van der Waals surface area contributed by atoms with Crippen LogP contribution >= 0.6 is 39.1 Å². The van der Waals surface area contributed by atoms with Crippen LogP contribution in [0.5, 0.6) is 0 Å². The van der Waals surface area contributed by atoms with Crippen molar-refractivity contribution in [2.75, 3.05) is 16.6 Å². The normalized spacial score (nSPS) is 11.0. The number of ether oxygens (including phenoxy) is 1. The molecule has 2 N–H and O–H groups in total. The molecule has 8 nitrogen and oxygen atoms in total. The monoisotopic (exact) mass is 557 g/mol. The van der Waals surface area contributed by atoms with Crippen LogP contribution in [0.15, 0.2) is 70.2 Å². The molecular weight excluding hydrogens is 545 g/mol. The van der Waals surface area contributed by atoms with E-state index in [-0.39, 0.29) is 27.0 Å². The van der Waals surface area contributed by atoms with Gasteiger partial charge in [-0.1, -0.05) is 39.1 Å². The highest BCUT2D eigenvalue weighted by Gasteiger charge is 2.16. The predicted molar refractivity (Wildman–Crippen MR) is 125 cm³/mol. The predicted octanol–water partition coefficient (Wildman–Crippen LogP) is 4.75. The summed E-state index contributed by atoms with van der Waals surface area (Å²) in [5, 5.41) is 2.85. The van der Waals surface area contributed by atoms with Crippen LogP contribution in [0.25, 0.3) is 0 Å². The second-order valence-corrected chi connectivity index (χ2v) is 9.69. The summed E-state index contributed by atoms with van der Waals surface area (Å²) >= 11 is 14.9. The number of nitrogens with zero attached hydrogens (tertiary/aromatic N) is 1. The molecule has 32 heavy (non-hydrogen) atoms. The molecule has 3 rings (SSSR count). The van der Waals surface area contributed by atoms with Gasteiger partial charge in [-0.25, -0.2) is 18.2 Å². The number of hydrogen-bond acceptors (Lipinski definition) is 6. The first-order valence-corrected chi connectivity index (χ1v) is 11.8. The largest absolute Gasteiger partial charge is 0.452 e. The Labute approximate surface area is 202 Å². The van der Waals surface area contributed by atoms with E-state index in [1.54, 1.807) is 12.1 Å². The fraction of sp³-hybridized carbons (Fsp3) is 0.0500. The van der Waals surface area contributed by atoms with Crippen LogP contribution in [0.2, 0.25) is 10.0 Å². The van der Waals surface area contributed by atoms with Crippen LogP contribution in [0.1, 0.15) is 10.4 Å². The molecule has 0 fully saturated rings. The Morgan fingerprint density at radius 2 is 1.69 bits per heavy atom. The number of halogens is 3. The number of rotatable bonds is 7. The summed E-state index contributed by atoms with van der Waals surface area (Å²) in [6.07, 6.45) is 1.31. The second-order valence-electron chi connectivity index (χ2n) is 6.25.